The van der Waals surface area contributed by atoms with Crippen molar-refractivity contribution >= 4 is 32.9 Å². The molecule has 0 bridgehead atoms. The van der Waals surface area contributed by atoms with E-state index >= 15 is 0 Å². The molecular formula is C52H33N5O. The molecule has 11 rings (SSSR count). The van der Waals surface area contributed by atoms with Gasteiger partial charge in [0.1, 0.15) is 5.52 Å². The molecule has 0 N–H and O–H groups in total. The maximum Gasteiger partial charge on any atom is 0.238 e. The van der Waals surface area contributed by atoms with Gasteiger partial charge in [-0.2, -0.15) is 9.97 Å². The Morgan fingerprint density at radius 3 is 1.69 bits per heavy atom. The summed E-state index contributed by atoms with van der Waals surface area (Å²) in [5.74, 6) is 2.28. The van der Waals surface area contributed by atoms with Gasteiger partial charge in [0, 0.05) is 33.0 Å². The monoisotopic (exact) mass is 743 g/mol. The first kappa shape index (κ1) is 33.4. The van der Waals surface area contributed by atoms with Gasteiger partial charge in [0.05, 0.1) is 11.0 Å². The van der Waals surface area contributed by atoms with Crippen molar-refractivity contribution in [3.05, 3.63) is 200 Å². The Hall–Kier alpha value is -7.96. The molecule has 0 atom stereocenters. The van der Waals surface area contributed by atoms with Gasteiger partial charge in [-0.3, -0.25) is 4.57 Å². The minimum absolute atomic E-state index is 0.541. The zero-order valence-electron chi connectivity index (χ0n) is 31.2. The zero-order valence-corrected chi connectivity index (χ0v) is 31.2. The predicted molar refractivity (Wildman–Crippen MR) is 234 cm³/mol. The van der Waals surface area contributed by atoms with Crippen LogP contribution in [-0.2, 0) is 0 Å². The third kappa shape index (κ3) is 5.83. The quantitative estimate of drug-likeness (QED) is 0.163. The zero-order chi connectivity index (χ0) is 38.4. The van der Waals surface area contributed by atoms with E-state index < -0.39 is 0 Å². The van der Waals surface area contributed by atoms with E-state index in [0.29, 0.717) is 23.5 Å². The number of rotatable bonds is 7. The van der Waals surface area contributed by atoms with Crippen LogP contribution in [0.2, 0.25) is 0 Å². The molecule has 0 aliphatic heterocycles. The van der Waals surface area contributed by atoms with Crippen molar-refractivity contribution in [1.82, 2.24) is 24.5 Å². The van der Waals surface area contributed by atoms with Gasteiger partial charge in [-0.05, 0) is 64.2 Å². The van der Waals surface area contributed by atoms with Gasteiger partial charge >= 0.3 is 0 Å². The van der Waals surface area contributed by atoms with E-state index in [4.69, 9.17) is 24.4 Å². The van der Waals surface area contributed by atoms with Crippen LogP contribution in [0.4, 0.5) is 0 Å². The fourth-order valence-electron chi connectivity index (χ4n) is 7.96. The highest BCUT2D eigenvalue weighted by Crippen LogP contribution is 2.39. The first-order valence-corrected chi connectivity index (χ1v) is 19.3. The second-order valence-corrected chi connectivity index (χ2v) is 14.3. The standard InChI is InChI=1S/C52H33N5O/c1-4-15-34(16-5-1)35-29-31-37(32-30-35)49-54-50(40-22-12-21-39(33-40)42-25-13-26-44-48(42)58-51(53-44)38-19-8-3-9-20-38)56-52(55-49)57-45-27-11-10-23-43(45)47-41(24-14-28-46(47)57)36-17-6-2-7-18-36/h1-33H. The lowest BCUT2D eigenvalue weighted by molar-refractivity contribution is 0.621. The summed E-state index contributed by atoms with van der Waals surface area (Å²) in [6, 6.07) is 68.7. The Labute approximate surface area is 334 Å². The first-order chi connectivity index (χ1) is 28.7. The molecule has 11 aromatic rings. The summed E-state index contributed by atoms with van der Waals surface area (Å²) in [4.78, 5) is 20.5. The number of aromatic nitrogens is 5. The van der Waals surface area contributed by atoms with Crippen LogP contribution >= 0.6 is 0 Å². The third-order valence-electron chi connectivity index (χ3n) is 10.7. The van der Waals surface area contributed by atoms with Gasteiger partial charge in [-0.15, -0.1) is 0 Å². The average molecular weight is 744 g/mol. The lowest BCUT2D eigenvalue weighted by atomic mass is 9.99. The van der Waals surface area contributed by atoms with Gasteiger partial charge in [-0.25, -0.2) is 9.97 Å². The predicted octanol–water partition coefficient (Wildman–Crippen LogP) is 13.1. The van der Waals surface area contributed by atoms with Crippen LogP contribution in [0.5, 0.6) is 0 Å². The molecule has 0 saturated heterocycles. The SMILES string of the molecule is c1ccc(-c2ccc(-c3nc(-c4cccc(-c5cccc6nc(-c7ccccc7)oc56)c4)nc(-n4c5ccccc5c5c(-c6ccccc6)cccc54)n3)cc2)cc1. The molecule has 272 valence electrons. The fourth-order valence-corrected chi connectivity index (χ4v) is 7.96. The van der Waals surface area contributed by atoms with Crippen LogP contribution < -0.4 is 0 Å². The Balaban J connectivity index is 1.10. The summed E-state index contributed by atoms with van der Waals surface area (Å²) < 4.78 is 8.61. The van der Waals surface area contributed by atoms with E-state index in [1.54, 1.807) is 0 Å². The average Bonchev–Trinajstić information content (AvgIpc) is 3.90. The molecule has 0 spiro atoms. The van der Waals surface area contributed by atoms with E-state index in [0.717, 1.165) is 83.0 Å². The van der Waals surface area contributed by atoms with Crippen LogP contribution in [0.15, 0.2) is 205 Å². The molecule has 6 nitrogen and oxygen atoms in total. The van der Waals surface area contributed by atoms with E-state index in [1.165, 1.54) is 0 Å². The van der Waals surface area contributed by atoms with Gasteiger partial charge in [0.15, 0.2) is 17.2 Å². The molecule has 6 heteroatoms. The molecule has 0 radical (unpaired) electrons. The topological polar surface area (TPSA) is 69.6 Å². The minimum atomic E-state index is 0.541. The molecular weight excluding hydrogens is 711 g/mol. The minimum Gasteiger partial charge on any atom is -0.435 e. The summed E-state index contributed by atoms with van der Waals surface area (Å²) in [5, 5.41) is 2.28. The van der Waals surface area contributed by atoms with E-state index in [2.05, 4.69) is 150 Å². The van der Waals surface area contributed by atoms with Gasteiger partial charge < -0.3 is 4.42 Å². The molecule has 8 aromatic carbocycles. The molecule has 0 fully saturated rings. The normalized spacial score (nSPS) is 11.4. The lowest BCUT2D eigenvalue weighted by Crippen LogP contribution is -2.06. The lowest BCUT2D eigenvalue weighted by Gasteiger charge is -2.12. The second kappa shape index (κ2) is 14.0. The molecule has 0 aliphatic carbocycles. The molecule has 3 heterocycles. The van der Waals surface area contributed by atoms with Crippen molar-refractivity contribution < 1.29 is 4.42 Å². The van der Waals surface area contributed by atoms with E-state index in [9.17, 15) is 0 Å². The highest BCUT2D eigenvalue weighted by Gasteiger charge is 2.21. The highest BCUT2D eigenvalue weighted by atomic mass is 16.3. The molecule has 58 heavy (non-hydrogen) atoms. The molecule has 3 aromatic heterocycles. The molecule has 0 aliphatic rings. The number of fused-ring (bicyclic) bond motifs is 4. The van der Waals surface area contributed by atoms with Crippen molar-refractivity contribution in [2.24, 2.45) is 0 Å². The second-order valence-electron chi connectivity index (χ2n) is 14.3. The Morgan fingerprint density at radius 1 is 0.362 bits per heavy atom. The maximum absolute atomic E-state index is 6.44. The maximum atomic E-state index is 6.44. The summed E-state index contributed by atoms with van der Waals surface area (Å²) in [7, 11) is 0. The Morgan fingerprint density at radius 2 is 0.914 bits per heavy atom. The summed E-state index contributed by atoms with van der Waals surface area (Å²) in [5.41, 5.74) is 12.7. The van der Waals surface area contributed by atoms with Gasteiger partial charge in [-0.1, -0.05) is 164 Å². The first-order valence-electron chi connectivity index (χ1n) is 19.3. The van der Waals surface area contributed by atoms with Crippen LogP contribution in [0.3, 0.4) is 0 Å². The van der Waals surface area contributed by atoms with Crippen LogP contribution in [0, 0.1) is 0 Å². The van der Waals surface area contributed by atoms with Gasteiger partial charge in [0.2, 0.25) is 11.8 Å². The van der Waals surface area contributed by atoms with Crippen molar-refractivity contribution in [3.8, 4) is 73.6 Å². The number of para-hydroxylation sites is 2. The number of hydrogen-bond donors (Lipinski definition) is 0. The summed E-state index contributed by atoms with van der Waals surface area (Å²) in [6.07, 6.45) is 0. The number of benzene rings is 8. The van der Waals surface area contributed by atoms with Crippen molar-refractivity contribution in [1.29, 1.82) is 0 Å². The number of hydrogen-bond acceptors (Lipinski definition) is 5. The van der Waals surface area contributed by atoms with Crippen LogP contribution in [0.25, 0.3) is 106 Å². The van der Waals surface area contributed by atoms with Crippen molar-refractivity contribution in [2.75, 3.05) is 0 Å². The molecule has 0 amide bonds. The van der Waals surface area contributed by atoms with Gasteiger partial charge in [0.25, 0.3) is 0 Å². The van der Waals surface area contributed by atoms with Crippen molar-refractivity contribution in [3.63, 3.8) is 0 Å². The summed E-state index contributed by atoms with van der Waals surface area (Å²) >= 11 is 0. The smallest absolute Gasteiger partial charge is 0.238 e. The number of nitrogens with zero attached hydrogens (tertiary/aromatic N) is 5. The number of oxazole rings is 1. The fraction of sp³-hybridized carbons (Fsp3) is 0. The highest BCUT2D eigenvalue weighted by molar-refractivity contribution is 6.15. The Kier molecular flexibility index (Phi) is 8.04. The molecule has 0 saturated carbocycles. The van der Waals surface area contributed by atoms with Crippen LogP contribution in [0.1, 0.15) is 0 Å². The summed E-state index contributed by atoms with van der Waals surface area (Å²) in [6.45, 7) is 0. The van der Waals surface area contributed by atoms with Crippen molar-refractivity contribution in [2.45, 2.75) is 0 Å². The molecule has 0 unspecified atom stereocenters. The van der Waals surface area contributed by atoms with E-state index in [1.807, 2.05) is 54.6 Å². The van der Waals surface area contributed by atoms with Crippen LogP contribution in [-0.4, -0.2) is 24.5 Å². The Bertz CT molecular complexity index is 3260. The van der Waals surface area contributed by atoms with E-state index in [-0.39, 0.29) is 0 Å². The largest absolute Gasteiger partial charge is 0.435 e. The third-order valence-corrected chi connectivity index (χ3v) is 10.7.